The highest BCUT2D eigenvalue weighted by Crippen LogP contribution is 2.31. The molecule has 0 bridgehead atoms. The number of carbonyl (C=O) groups is 2. The van der Waals surface area contributed by atoms with Crippen molar-refractivity contribution in [3.8, 4) is 11.5 Å². The van der Waals surface area contributed by atoms with Crippen molar-refractivity contribution in [2.75, 3.05) is 44.1 Å². The second kappa shape index (κ2) is 17.0. The first-order valence-corrected chi connectivity index (χ1v) is 19.9. The molecule has 0 radical (unpaired) electrons. The lowest BCUT2D eigenvalue weighted by Crippen LogP contribution is -2.31. The summed E-state index contributed by atoms with van der Waals surface area (Å²) in [5.74, 6) is -0.352. The number of aromatic hydroxyl groups is 2. The fraction of sp³-hybridized carbons (Fsp3) is 0.222. The fourth-order valence-electron chi connectivity index (χ4n) is 5.20. The average Bonchev–Trinajstić information content (AvgIpc) is 3.80. The van der Waals surface area contributed by atoms with Gasteiger partial charge in [-0.25, -0.2) is 4.72 Å². The van der Waals surface area contributed by atoms with Crippen LogP contribution in [0.15, 0.2) is 101 Å². The summed E-state index contributed by atoms with van der Waals surface area (Å²) >= 11 is 0. The van der Waals surface area contributed by atoms with Crippen LogP contribution in [0.3, 0.4) is 0 Å². The number of amidine groups is 4. The number of aryl methyl sites for hydroxylation is 1. The molecule has 2 aliphatic heterocycles. The van der Waals surface area contributed by atoms with Crippen molar-refractivity contribution in [3.63, 3.8) is 0 Å². The topological polar surface area (TPSA) is 260 Å². The van der Waals surface area contributed by atoms with E-state index >= 15 is 0 Å². The Balaban J connectivity index is 0.000000219. The molecule has 1 aromatic heterocycles. The predicted octanol–water partition coefficient (Wildman–Crippen LogP) is 3.88. The zero-order valence-corrected chi connectivity index (χ0v) is 33.2. The van der Waals surface area contributed by atoms with Crippen LogP contribution in [0.2, 0.25) is 0 Å². The molecule has 0 saturated carbocycles. The Kier molecular flexibility index (Phi) is 12.3. The number of phenolic OH excluding ortho intramolecular Hbond substituents is 2. The molecule has 57 heavy (non-hydrogen) atoms. The molecule has 1 atom stereocenters. The highest BCUT2D eigenvalue weighted by molar-refractivity contribution is 7.90. The van der Waals surface area contributed by atoms with Gasteiger partial charge in [0.15, 0.2) is 34.8 Å². The normalized spacial score (nSPS) is 16.2. The number of phenols is 2. The van der Waals surface area contributed by atoms with Gasteiger partial charge in [-0.1, -0.05) is 37.3 Å². The van der Waals surface area contributed by atoms with Gasteiger partial charge in [-0.15, -0.1) is 13.2 Å². The Morgan fingerprint density at radius 1 is 0.737 bits per heavy atom. The summed E-state index contributed by atoms with van der Waals surface area (Å²) in [7, 11) is -1.79. The summed E-state index contributed by atoms with van der Waals surface area (Å²) in [5.41, 5.74) is 0.996. The fourth-order valence-corrected chi connectivity index (χ4v) is 6.78. The van der Waals surface area contributed by atoms with E-state index in [1.54, 1.807) is 83.6 Å². The number of nitrogens with one attached hydrogen (secondary N) is 4. The monoisotopic (exact) mass is 820 g/mol. The van der Waals surface area contributed by atoms with Crippen molar-refractivity contribution < 1.29 is 41.1 Å². The minimum absolute atomic E-state index is 0.0142. The van der Waals surface area contributed by atoms with Crippen molar-refractivity contribution in [3.05, 3.63) is 102 Å². The molecule has 0 saturated heterocycles. The van der Waals surface area contributed by atoms with Crippen molar-refractivity contribution in [2.24, 2.45) is 18.2 Å². The first-order chi connectivity index (χ1) is 26.9. The SMILES string of the molecule is CC[C@@H](N=C1NS(=O)(=O)N=C1Nc1cccc(C(=O)N(C)C)c1O)c1ccc(C)o1.CN(C)C(=O)c1cccc(NC2=NS(=O)(=O)N=C2Nc2ccccc2)c1O. The molecule has 0 fully saturated rings. The van der Waals surface area contributed by atoms with E-state index in [2.05, 4.69) is 38.9 Å². The number of para-hydroxylation sites is 3. The van der Waals surface area contributed by atoms with Crippen LogP contribution in [0, 0.1) is 6.92 Å². The van der Waals surface area contributed by atoms with Crippen molar-refractivity contribution in [2.45, 2.75) is 26.3 Å². The molecule has 3 heterocycles. The maximum Gasteiger partial charge on any atom is 0.367 e. The molecule has 0 aliphatic carbocycles. The molecule has 2 amide bonds. The smallest absolute Gasteiger partial charge is 0.367 e. The second-order valence-electron chi connectivity index (χ2n) is 12.7. The van der Waals surface area contributed by atoms with Gasteiger partial charge in [0.05, 0.1) is 22.5 Å². The first kappa shape index (κ1) is 41.4. The number of anilines is 3. The molecule has 21 heteroatoms. The number of furan rings is 1. The van der Waals surface area contributed by atoms with Crippen molar-refractivity contribution in [1.29, 1.82) is 0 Å². The number of rotatable bonds is 8. The van der Waals surface area contributed by atoms with Gasteiger partial charge in [-0.2, -0.15) is 16.8 Å². The van der Waals surface area contributed by atoms with Crippen LogP contribution in [0.25, 0.3) is 0 Å². The molecule has 300 valence electrons. The standard InChI is InChI=1S/C19H23N5O5S.C17H17N5O4S/c1-5-13(15-10-9-11(2)29-15)20-17-18(23-30(27,28)22-17)21-14-8-6-7-12(16(14)25)19(26)24(3)4;1-22(2)17(24)12-9-6-10-13(14(12)23)19-16-15(20-27(25,26)21-16)18-11-7-4-3-5-8-11/h6-10,13,25H,5H2,1-4H3,(H,20,22)(H,21,23);3-10,23H,1-2H3,(H,18,20)(H,19,21)/t13-;/m1./s1. The molecular weight excluding hydrogens is 781 g/mol. The maximum absolute atomic E-state index is 12.2. The molecule has 2 aliphatic rings. The lowest BCUT2D eigenvalue weighted by Gasteiger charge is -2.15. The van der Waals surface area contributed by atoms with Crippen LogP contribution in [-0.2, 0) is 20.4 Å². The van der Waals surface area contributed by atoms with Crippen LogP contribution in [0.4, 0.5) is 17.1 Å². The zero-order chi connectivity index (χ0) is 41.7. The van der Waals surface area contributed by atoms with Gasteiger partial charge in [0, 0.05) is 33.9 Å². The van der Waals surface area contributed by atoms with Gasteiger partial charge >= 0.3 is 20.4 Å². The highest BCUT2D eigenvalue weighted by atomic mass is 32.2. The van der Waals surface area contributed by atoms with E-state index in [1.807, 2.05) is 13.0 Å². The minimum Gasteiger partial charge on any atom is -0.505 e. The Morgan fingerprint density at radius 2 is 1.26 bits per heavy atom. The number of carbonyl (C=O) groups excluding carboxylic acids is 2. The third kappa shape index (κ3) is 10.1. The van der Waals surface area contributed by atoms with Crippen molar-refractivity contribution >= 4 is 72.6 Å². The summed E-state index contributed by atoms with van der Waals surface area (Å²) in [6.45, 7) is 3.70. The van der Waals surface area contributed by atoms with Crippen LogP contribution in [0.1, 0.15) is 51.6 Å². The van der Waals surface area contributed by atoms with Gasteiger partial charge in [-0.05, 0) is 61.9 Å². The molecule has 3 aromatic carbocycles. The summed E-state index contributed by atoms with van der Waals surface area (Å²) < 4.78 is 66.3. The van der Waals surface area contributed by atoms with Crippen LogP contribution in [0.5, 0.6) is 11.5 Å². The third-order valence-corrected chi connectivity index (χ3v) is 9.65. The Labute approximate surface area is 329 Å². The van der Waals surface area contributed by atoms with E-state index in [0.29, 0.717) is 17.9 Å². The molecular formula is C36H40N10O9S2. The zero-order valence-electron chi connectivity index (χ0n) is 31.5. The number of amides is 2. The summed E-state index contributed by atoms with van der Waals surface area (Å²) in [6, 6.07) is 21.0. The van der Waals surface area contributed by atoms with Gasteiger partial charge in [0.25, 0.3) is 11.8 Å². The van der Waals surface area contributed by atoms with E-state index in [-0.39, 0.29) is 57.3 Å². The van der Waals surface area contributed by atoms with Gasteiger partial charge in [0.1, 0.15) is 17.6 Å². The molecule has 0 spiro atoms. The van der Waals surface area contributed by atoms with Crippen LogP contribution >= 0.6 is 0 Å². The quantitative estimate of drug-likeness (QED) is 0.139. The highest BCUT2D eigenvalue weighted by Gasteiger charge is 2.30. The van der Waals surface area contributed by atoms with Crippen LogP contribution in [-0.4, -0.2) is 100 Å². The van der Waals surface area contributed by atoms with E-state index in [1.165, 1.54) is 34.1 Å². The number of nitrogens with zero attached hydrogens (tertiary/aromatic N) is 6. The van der Waals surface area contributed by atoms with E-state index < -0.39 is 38.3 Å². The number of hydrogen-bond donors (Lipinski definition) is 6. The summed E-state index contributed by atoms with van der Waals surface area (Å²) in [5, 5.41) is 29.3. The average molecular weight is 821 g/mol. The minimum atomic E-state index is -4.04. The number of hydrogen-bond acceptors (Lipinski definition) is 13. The lowest BCUT2D eigenvalue weighted by molar-refractivity contribution is 0.0817. The Bertz CT molecular complexity index is 2530. The van der Waals surface area contributed by atoms with Crippen molar-refractivity contribution in [1.82, 2.24) is 14.5 Å². The first-order valence-electron chi connectivity index (χ1n) is 17.0. The third-order valence-electron chi connectivity index (χ3n) is 7.95. The predicted molar refractivity (Wildman–Crippen MR) is 217 cm³/mol. The van der Waals surface area contributed by atoms with Crippen LogP contribution < -0.4 is 20.7 Å². The molecule has 0 unspecified atom stereocenters. The number of benzene rings is 3. The molecule has 4 aromatic rings. The maximum atomic E-state index is 12.2. The molecule has 6 N–H and O–H groups in total. The molecule has 19 nitrogen and oxygen atoms in total. The summed E-state index contributed by atoms with van der Waals surface area (Å²) in [4.78, 5) is 31.5. The lowest BCUT2D eigenvalue weighted by atomic mass is 10.1. The number of aliphatic imine (C=N–C) groups is 1. The van der Waals surface area contributed by atoms with Gasteiger partial charge in [-0.3, -0.25) is 14.6 Å². The van der Waals surface area contributed by atoms with E-state index in [9.17, 15) is 36.6 Å². The Morgan fingerprint density at radius 3 is 1.75 bits per heavy atom. The summed E-state index contributed by atoms with van der Waals surface area (Å²) in [6.07, 6.45) is 0.559. The van der Waals surface area contributed by atoms with Gasteiger partial charge in [0.2, 0.25) is 0 Å². The Hall–Kier alpha value is -6.74. The van der Waals surface area contributed by atoms with E-state index in [0.717, 1.165) is 5.76 Å². The largest absolute Gasteiger partial charge is 0.505 e. The van der Waals surface area contributed by atoms with E-state index in [4.69, 9.17) is 4.42 Å². The molecule has 6 rings (SSSR count). The van der Waals surface area contributed by atoms with Gasteiger partial charge < -0.3 is 40.4 Å². The second-order valence-corrected chi connectivity index (χ2v) is 15.3.